The fraction of sp³-hybridized carbons (Fsp3) is 0.333. The standard InChI is InChI=1S/C6H7BrOS/c1-2-8-6-5(7)3-4-9-6/h3-4H,2H2,1H3. The van der Waals surface area contributed by atoms with E-state index in [-0.39, 0.29) is 0 Å². The highest BCUT2D eigenvalue weighted by Crippen LogP contribution is 2.30. The summed E-state index contributed by atoms with van der Waals surface area (Å²) in [5, 5.41) is 2.97. The first kappa shape index (κ1) is 7.09. The van der Waals surface area contributed by atoms with Crippen LogP contribution in [0.25, 0.3) is 0 Å². The molecule has 1 aromatic rings. The molecule has 1 heterocycles. The van der Waals surface area contributed by atoms with E-state index in [4.69, 9.17) is 4.74 Å². The van der Waals surface area contributed by atoms with Crippen molar-refractivity contribution < 1.29 is 4.74 Å². The summed E-state index contributed by atoms with van der Waals surface area (Å²) in [7, 11) is 0. The van der Waals surface area contributed by atoms with Gasteiger partial charge in [0.15, 0.2) is 5.06 Å². The van der Waals surface area contributed by atoms with Crippen molar-refractivity contribution in [1.82, 2.24) is 0 Å². The zero-order valence-electron chi connectivity index (χ0n) is 5.06. The van der Waals surface area contributed by atoms with Crippen LogP contribution < -0.4 is 4.74 Å². The molecule has 0 atom stereocenters. The van der Waals surface area contributed by atoms with E-state index in [0.717, 1.165) is 16.1 Å². The Labute approximate surface area is 66.8 Å². The Kier molecular flexibility index (Phi) is 2.54. The van der Waals surface area contributed by atoms with Crippen molar-refractivity contribution in [2.45, 2.75) is 6.92 Å². The zero-order valence-corrected chi connectivity index (χ0v) is 7.46. The van der Waals surface area contributed by atoms with Crippen molar-refractivity contribution in [3.05, 3.63) is 15.9 Å². The van der Waals surface area contributed by atoms with Gasteiger partial charge in [0, 0.05) is 0 Å². The van der Waals surface area contributed by atoms with E-state index < -0.39 is 0 Å². The number of hydrogen-bond acceptors (Lipinski definition) is 2. The van der Waals surface area contributed by atoms with E-state index >= 15 is 0 Å². The van der Waals surface area contributed by atoms with Gasteiger partial charge in [-0.25, -0.2) is 0 Å². The highest BCUT2D eigenvalue weighted by atomic mass is 79.9. The summed E-state index contributed by atoms with van der Waals surface area (Å²) in [4.78, 5) is 0. The quantitative estimate of drug-likeness (QED) is 0.724. The third-order valence-electron chi connectivity index (χ3n) is 0.860. The fourth-order valence-corrected chi connectivity index (χ4v) is 1.91. The summed E-state index contributed by atoms with van der Waals surface area (Å²) in [5.74, 6) is 0. The molecule has 50 valence electrons. The van der Waals surface area contributed by atoms with Gasteiger partial charge in [-0.2, -0.15) is 0 Å². The van der Waals surface area contributed by atoms with Gasteiger partial charge >= 0.3 is 0 Å². The van der Waals surface area contributed by atoms with Gasteiger partial charge in [-0.15, -0.1) is 11.3 Å². The third-order valence-corrected chi connectivity index (χ3v) is 2.57. The van der Waals surface area contributed by atoms with Crippen LogP contribution in [-0.4, -0.2) is 6.61 Å². The normalized spacial score (nSPS) is 9.56. The molecular formula is C6H7BrOS. The van der Waals surface area contributed by atoms with Crippen LogP contribution in [0.3, 0.4) is 0 Å². The maximum Gasteiger partial charge on any atom is 0.188 e. The van der Waals surface area contributed by atoms with Crippen LogP contribution in [0.2, 0.25) is 0 Å². The lowest BCUT2D eigenvalue weighted by molar-refractivity contribution is 0.348. The molecule has 1 aromatic heterocycles. The molecule has 0 N–H and O–H groups in total. The second-order valence-electron chi connectivity index (χ2n) is 1.49. The molecule has 0 saturated carbocycles. The summed E-state index contributed by atoms with van der Waals surface area (Å²) in [6.07, 6.45) is 0. The van der Waals surface area contributed by atoms with Crippen molar-refractivity contribution in [2.24, 2.45) is 0 Å². The first-order chi connectivity index (χ1) is 4.34. The topological polar surface area (TPSA) is 9.23 Å². The first-order valence-corrected chi connectivity index (χ1v) is 4.37. The molecule has 0 saturated heterocycles. The Bertz CT molecular complexity index is 185. The SMILES string of the molecule is CCOc1sccc1Br. The van der Waals surface area contributed by atoms with E-state index in [1.807, 2.05) is 18.4 Å². The Morgan fingerprint density at radius 1 is 1.78 bits per heavy atom. The lowest BCUT2D eigenvalue weighted by Crippen LogP contribution is -1.87. The van der Waals surface area contributed by atoms with Gasteiger partial charge in [0.25, 0.3) is 0 Å². The highest BCUT2D eigenvalue weighted by Gasteiger charge is 1.98. The lowest BCUT2D eigenvalue weighted by atomic mass is 10.6. The van der Waals surface area contributed by atoms with Gasteiger partial charge in [0.1, 0.15) is 0 Å². The summed E-state index contributed by atoms with van der Waals surface area (Å²) >= 11 is 4.96. The third kappa shape index (κ3) is 1.69. The average molecular weight is 207 g/mol. The minimum absolute atomic E-state index is 0.735. The molecule has 0 unspecified atom stereocenters. The van der Waals surface area contributed by atoms with Crippen LogP contribution in [0.1, 0.15) is 6.92 Å². The summed E-state index contributed by atoms with van der Waals surface area (Å²) in [5.41, 5.74) is 0. The van der Waals surface area contributed by atoms with Gasteiger partial charge in [-0.1, -0.05) is 0 Å². The lowest BCUT2D eigenvalue weighted by Gasteiger charge is -1.96. The maximum atomic E-state index is 5.25. The molecular weight excluding hydrogens is 200 g/mol. The van der Waals surface area contributed by atoms with Crippen molar-refractivity contribution in [3.8, 4) is 5.06 Å². The van der Waals surface area contributed by atoms with Gasteiger partial charge in [0.2, 0.25) is 0 Å². The second-order valence-corrected chi connectivity index (χ2v) is 3.22. The first-order valence-electron chi connectivity index (χ1n) is 2.70. The number of thiophene rings is 1. The minimum Gasteiger partial charge on any atom is -0.483 e. The zero-order chi connectivity index (χ0) is 6.69. The maximum absolute atomic E-state index is 5.25. The molecule has 0 aliphatic carbocycles. The molecule has 0 fully saturated rings. The van der Waals surface area contributed by atoms with E-state index in [9.17, 15) is 0 Å². The molecule has 1 rings (SSSR count). The van der Waals surface area contributed by atoms with Crippen LogP contribution in [0, 0.1) is 0 Å². The number of hydrogen-bond donors (Lipinski definition) is 0. The van der Waals surface area contributed by atoms with Gasteiger partial charge in [-0.3, -0.25) is 0 Å². The minimum atomic E-state index is 0.735. The smallest absolute Gasteiger partial charge is 0.188 e. The number of ether oxygens (including phenoxy) is 1. The monoisotopic (exact) mass is 206 g/mol. The fourth-order valence-electron chi connectivity index (χ4n) is 0.514. The molecule has 0 radical (unpaired) electrons. The van der Waals surface area contributed by atoms with Crippen LogP contribution in [0.15, 0.2) is 15.9 Å². The second kappa shape index (κ2) is 3.22. The van der Waals surface area contributed by atoms with Crippen molar-refractivity contribution in [3.63, 3.8) is 0 Å². The Morgan fingerprint density at radius 2 is 2.56 bits per heavy atom. The van der Waals surface area contributed by atoms with E-state index in [1.54, 1.807) is 11.3 Å². The largest absolute Gasteiger partial charge is 0.483 e. The van der Waals surface area contributed by atoms with Crippen LogP contribution in [0.5, 0.6) is 5.06 Å². The Morgan fingerprint density at radius 3 is 3.00 bits per heavy atom. The number of rotatable bonds is 2. The number of halogens is 1. The molecule has 0 aliphatic rings. The molecule has 0 aliphatic heterocycles. The highest BCUT2D eigenvalue weighted by molar-refractivity contribution is 9.10. The van der Waals surface area contributed by atoms with E-state index in [1.165, 1.54) is 0 Å². The Balaban J connectivity index is 2.69. The van der Waals surface area contributed by atoms with Crippen LogP contribution in [0.4, 0.5) is 0 Å². The van der Waals surface area contributed by atoms with Crippen molar-refractivity contribution >= 4 is 27.3 Å². The average Bonchev–Trinajstić information content (AvgIpc) is 2.18. The predicted octanol–water partition coefficient (Wildman–Crippen LogP) is 2.91. The molecule has 0 aromatic carbocycles. The van der Waals surface area contributed by atoms with E-state index in [2.05, 4.69) is 15.9 Å². The summed E-state index contributed by atoms with van der Waals surface area (Å²) < 4.78 is 6.30. The Hall–Kier alpha value is -0.0200. The molecule has 0 amide bonds. The van der Waals surface area contributed by atoms with E-state index in [0.29, 0.717) is 0 Å². The summed E-state index contributed by atoms with van der Waals surface area (Å²) in [6.45, 7) is 2.71. The molecule has 9 heavy (non-hydrogen) atoms. The van der Waals surface area contributed by atoms with Crippen LogP contribution >= 0.6 is 27.3 Å². The molecule has 3 heteroatoms. The van der Waals surface area contributed by atoms with Gasteiger partial charge < -0.3 is 4.74 Å². The molecule has 1 nitrogen and oxygen atoms in total. The van der Waals surface area contributed by atoms with Gasteiger partial charge in [0.05, 0.1) is 11.1 Å². The predicted molar refractivity (Wildman–Crippen MR) is 43.2 cm³/mol. The summed E-state index contributed by atoms with van der Waals surface area (Å²) in [6, 6.07) is 1.98. The molecule has 0 spiro atoms. The van der Waals surface area contributed by atoms with Crippen molar-refractivity contribution in [2.75, 3.05) is 6.61 Å². The van der Waals surface area contributed by atoms with Gasteiger partial charge in [-0.05, 0) is 34.3 Å². The van der Waals surface area contributed by atoms with Crippen LogP contribution in [-0.2, 0) is 0 Å². The molecule has 0 bridgehead atoms. The van der Waals surface area contributed by atoms with Crippen molar-refractivity contribution in [1.29, 1.82) is 0 Å².